The van der Waals surface area contributed by atoms with E-state index in [9.17, 15) is 14.5 Å². The molecule has 20 heavy (non-hydrogen) atoms. The first-order chi connectivity index (χ1) is 9.56. The first-order valence-electron chi connectivity index (χ1n) is 6.95. The summed E-state index contributed by atoms with van der Waals surface area (Å²) in [4.78, 5) is 15.0. The Kier molecular flexibility index (Phi) is 3.33. The quantitative estimate of drug-likeness (QED) is 0.615. The Morgan fingerprint density at radius 1 is 1.35 bits per heavy atom. The molecule has 2 aliphatic heterocycles. The lowest BCUT2D eigenvalue weighted by Gasteiger charge is -2.37. The molecule has 2 atom stereocenters. The fourth-order valence-corrected chi connectivity index (χ4v) is 3.48. The van der Waals surface area contributed by atoms with E-state index in [1.165, 1.54) is 12.1 Å². The molecule has 2 fully saturated rings. The molecule has 5 nitrogen and oxygen atoms in total. The Bertz CT molecular complexity index is 537. The number of nitrogens with zero attached hydrogens (tertiary/aromatic N) is 3. The van der Waals surface area contributed by atoms with Crippen molar-refractivity contribution in [3.8, 4) is 0 Å². The number of hydrogen-bond acceptors (Lipinski definition) is 4. The lowest BCUT2D eigenvalue weighted by atomic mass is 9.92. The summed E-state index contributed by atoms with van der Waals surface area (Å²) in [5, 5.41) is 11.2. The summed E-state index contributed by atoms with van der Waals surface area (Å²) in [6.07, 6.45) is 2.15. The van der Waals surface area contributed by atoms with Gasteiger partial charge in [-0.2, -0.15) is 0 Å². The van der Waals surface area contributed by atoms with Crippen molar-refractivity contribution in [2.24, 2.45) is 5.92 Å². The van der Waals surface area contributed by atoms with Crippen LogP contribution in [0.3, 0.4) is 0 Å². The third-order valence-electron chi connectivity index (χ3n) is 4.51. The number of likely N-dealkylation sites (N-methyl/N-ethyl adjacent to an activating group) is 1. The molecule has 0 spiro atoms. The number of fused-ring (bicyclic) bond motifs is 1. The van der Waals surface area contributed by atoms with Gasteiger partial charge in [-0.1, -0.05) is 0 Å². The van der Waals surface area contributed by atoms with Crippen molar-refractivity contribution in [2.75, 3.05) is 31.6 Å². The van der Waals surface area contributed by atoms with Gasteiger partial charge in [0.05, 0.1) is 4.92 Å². The van der Waals surface area contributed by atoms with E-state index in [0.717, 1.165) is 38.5 Å². The van der Waals surface area contributed by atoms with Gasteiger partial charge in [-0.25, -0.2) is 4.39 Å². The monoisotopic (exact) mass is 279 g/mol. The summed E-state index contributed by atoms with van der Waals surface area (Å²) in [6, 6.07) is 3.98. The van der Waals surface area contributed by atoms with Gasteiger partial charge in [-0.15, -0.1) is 0 Å². The van der Waals surface area contributed by atoms with Crippen LogP contribution in [0.25, 0.3) is 0 Å². The zero-order chi connectivity index (χ0) is 14.3. The fourth-order valence-electron chi connectivity index (χ4n) is 3.48. The predicted octanol–water partition coefficient (Wildman–Crippen LogP) is 2.26. The van der Waals surface area contributed by atoms with Crippen molar-refractivity contribution < 1.29 is 9.31 Å². The van der Waals surface area contributed by atoms with Crippen molar-refractivity contribution in [3.63, 3.8) is 0 Å². The number of benzene rings is 1. The van der Waals surface area contributed by atoms with E-state index in [1.807, 2.05) is 4.90 Å². The topological polar surface area (TPSA) is 49.6 Å². The van der Waals surface area contributed by atoms with E-state index >= 15 is 0 Å². The first kappa shape index (κ1) is 13.3. The van der Waals surface area contributed by atoms with Gasteiger partial charge in [0.2, 0.25) is 0 Å². The molecule has 0 N–H and O–H groups in total. The molecule has 1 aromatic carbocycles. The maximum absolute atomic E-state index is 13.5. The molecular weight excluding hydrogens is 261 g/mol. The Morgan fingerprint density at radius 2 is 2.10 bits per heavy atom. The van der Waals surface area contributed by atoms with Crippen LogP contribution in [-0.2, 0) is 0 Å². The second-order valence-corrected chi connectivity index (χ2v) is 5.75. The minimum absolute atomic E-state index is 0.000256. The standard InChI is InChI=1S/C14H18FN3O2/c1-16-6-4-10-5-7-17(14(10)9-16)13-8-11(15)2-3-12(13)18(19)20/h2-3,8,10,14H,4-7,9H2,1H3. The van der Waals surface area contributed by atoms with Gasteiger partial charge in [-0.05, 0) is 38.4 Å². The van der Waals surface area contributed by atoms with Crippen molar-refractivity contribution in [1.82, 2.24) is 4.90 Å². The lowest BCUT2D eigenvalue weighted by Crippen LogP contribution is -2.46. The highest BCUT2D eigenvalue weighted by atomic mass is 19.1. The van der Waals surface area contributed by atoms with E-state index in [4.69, 9.17) is 0 Å². The molecule has 2 unspecified atom stereocenters. The molecule has 2 aliphatic rings. The molecule has 0 saturated carbocycles. The highest BCUT2D eigenvalue weighted by Crippen LogP contribution is 2.39. The second-order valence-electron chi connectivity index (χ2n) is 5.75. The third kappa shape index (κ3) is 2.24. The normalized spacial score (nSPS) is 26.6. The Morgan fingerprint density at radius 3 is 2.85 bits per heavy atom. The lowest BCUT2D eigenvalue weighted by molar-refractivity contribution is -0.384. The smallest absolute Gasteiger partial charge is 0.292 e. The van der Waals surface area contributed by atoms with Gasteiger partial charge in [0.15, 0.2) is 0 Å². The molecular formula is C14H18FN3O2. The minimum Gasteiger partial charge on any atom is -0.361 e. The van der Waals surface area contributed by atoms with E-state index < -0.39 is 10.7 Å². The molecule has 3 rings (SSSR count). The molecule has 108 valence electrons. The predicted molar refractivity (Wildman–Crippen MR) is 74.4 cm³/mol. The first-order valence-corrected chi connectivity index (χ1v) is 6.95. The Hall–Kier alpha value is -1.69. The number of halogens is 1. The molecule has 2 saturated heterocycles. The van der Waals surface area contributed by atoms with Gasteiger partial charge in [0.25, 0.3) is 5.69 Å². The molecule has 1 aromatic rings. The molecule has 0 aliphatic carbocycles. The van der Waals surface area contributed by atoms with Crippen LogP contribution in [0.5, 0.6) is 0 Å². The van der Waals surface area contributed by atoms with E-state index in [1.54, 1.807) is 0 Å². The van der Waals surface area contributed by atoms with Crippen LogP contribution in [0.1, 0.15) is 12.8 Å². The van der Waals surface area contributed by atoms with Crippen LogP contribution < -0.4 is 4.90 Å². The van der Waals surface area contributed by atoms with Gasteiger partial charge < -0.3 is 9.80 Å². The summed E-state index contributed by atoms with van der Waals surface area (Å²) in [5.41, 5.74) is 0.429. The van der Waals surface area contributed by atoms with Crippen LogP contribution in [-0.4, -0.2) is 42.5 Å². The van der Waals surface area contributed by atoms with Crippen molar-refractivity contribution in [2.45, 2.75) is 18.9 Å². The zero-order valence-electron chi connectivity index (χ0n) is 11.5. The maximum atomic E-state index is 13.5. The van der Waals surface area contributed by atoms with E-state index in [2.05, 4.69) is 11.9 Å². The van der Waals surface area contributed by atoms with Crippen LogP contribution >= 0.6 is 0 Å². The number of nitro benzene ring substituents is 1. The van der Waals surface area contributed by atoms with Crippen molar-refractivity contribution in [3.05, 3.63) is 34.1 Å². The highest BCUT2D eigenvalue weighted by molar-refractivity contribution is 5.64. The molecule has 0 aromatic heterocycles. The van der Waals surface area contributed by atoms with E-state index in [0.29, 0.717) is 11.6 Å². The summed E-state index contributed by atoms with van der Waals surface area (Å²) in [7, 11) is 2.06. The number of rotatable bonds is 2. The molecule has 2 heterocycles. The number of hydrogen-bond donors (Lipinski definition) is 0. The summed E-state index contributed by atoms with van der Waals surface area (Å²) in [6.45, 7) is 2.73. The molecule has 0 amide bonds. The third-order valence-corrected chi connectivity index (χ3v) is 4.51. The van der Waals surface area contributed by atoms with Gasteiger partial charge in [-0.3, -0.25) is 10.1 Å². The number of piperidine rings is 1. The van der Waals surface area contributed by atoms with Gasteiger partial charge in [0.1, 0.15) is 11.5 Å². The summed E-state index contributed by atoms with van der Waals surface area (Å²) >= 11 is 0. The minimum atomic E-state index is -0.422. The van der Waals surface area contributed by atoms with E-state index in [-0.39, 0.29) is 11.7 Å². The summed E-state index contributed by atoms with van der Waals surface area (Å²) < 4.78 is 13.5. The zero-order valence-corrected chi connectivity index (χ0v) is 11.5. The molecule has 6 heteroatoms. The number of likely N-dealkylation sites (tertiary alicyclic amines) is 1. The van der Waals surface area contributed by atoms with Crippen LogP contribution in [0.4, 0.5) is 15.8 Å². The SMILES string of the molecule is CN1CCC2CCN(c3cc(F)ccc3[N+](=O)[O-])C2C1. The average molecular weight is 279 g/mol. The number of nitro groups is 1. The Labute approximate surface area is 117 Å². The van der Waals surface area contributed by atoms with Gasteiger partial charge in [0, 0.05) is 31.3 Å². The fraction of sp³-hybridized carbons (Fsp3) is 0.571. The van der Waals surface area contributed by atoms with Gasteiger partial charge >= 0.3 is 0 Å². The average Bonchev–Trinajstić information content (AvgIpc) is 2.81. The Balaban J connectivity index is 1.96. The van der Waals surface area contributed by atoms with Crippen LogP contribution in [0.2, 0.25) is 0 Å². The maximum Gasteiger partial charge on any atom is 0.292 e. The second kappa shape index (κ2) is 5.01. The molecule has 0 bridgehead atoms. The highest BCUT2D eigenvalue weighted by Gasteiger charge is 2.39. The largest absolute Gasteiger partial charge is 0.361 e. The van der Waals surface area contributed by atoms with Crippen molar-refractivity contribution >= 4 is 11.4 Å². The van der Waals surface area contributed by atoms with Crippen LogP contribution in [0.15, 0.2) is 18.2 Å². The summed E-state index contributed by atoms with van der Waals surface area (Å²) in [5.74, 6) is 0.146. The van der Waals surface area contributed by atoms with Crippen molar-refractivity contribution in [1.29, 1.82) is 0 Å². The number of anilines is 1. The van der Waals surface area contributed by atoms with Crippen LogP contribution in [0, 0.1) is 21.8 Å². The molecule has 0 radical (unpaired) electrons.